The van der Waals surface area contributed by atoms with Gasteiger partial charge in [-0.1, -0.05) is 58.9 Å². The Bertz CT molecular complexity index is 603. The summed E-state index contributed by atoms with van der Waals surface area (Å²) >= 11 is 3.47. The third kappa shape index (κ3) is 3.04. The second kappa shape index (κ2) is 6.28. The lowest BCUT2D eigenvalue weighted by Gasteiger charge is -2.26. The van der Waals surface area contributed by atoms with Crippen LogP contribution in [0.4, 0.5) is 0 Å². The summed E-state index contributed by atoms with van der Waals surface area (Å²) in [6.45, 7) is 0.577. The maximum atomic E-state index is 6.08. The summed E-state index contributed by atoms with van der Waals surface area (Å²) < 4.78 is 6.60. The minimum Gasteiger partial charge on any atom is -0.338 e. The van der Waals surface area contributed by atoms with Crippen LogP contribution in [0.15, 0.2) is 33.3 Å². The van der Waals surface area contributed by atoms with E-state index in [-0.39, 0.29) is 5.41 Å². The molecule has 1 fully saturated rings. The Morgan fingerprint density at radius 2 is 1.95 bits per heavy atom. The van der Waals surface area contributed by atoms with Crippen LogP contribution in [0.2, 0.25) is 0 Å². The van der Waals surface area contributed by atoms with Crippen LogP contribution in [-0.2, 0) is 5.41 Å². The lowest BCUT2D eigenvalue weighted by molar-refractivity contribution is 0.257. The SMILES string of the molecule is NCC1(c2nc(-c3cccc(Br)c3)no2)CCCCCC1. The van der Waals surface area contributed by atoms with Crippen LogP contribution in [0.5, 0.6) is 0 Å². The zero-order valence-electron chi connectivity index (χ0n) is 12.0. The van der Waals surface area contributed by atoms with Gasteiger partial charge in [-0.25, -0.2) is 0 Å². The molecular formula is C16H20BrN3O. The molecule has 0 saturated heterocycles. The maximum Gasteiger partial charge on any atom is 0.234 e. The zero-order chi connectivity index (χ0) is 14.7. The van der Waals surface area contributed by atoms with Crippen molar-refractivity contribution in [3.63, 3.8) is 0 Å². The van der Waals surface area contributed by atoms with Gasteiger partial charge in [0.2, 0.25) is 11.7 Å². The molecule has 0 radical (unpaired) electrons. The van der Waals surface area contributed by atoms with Gasteiger partial charge in [0.1, 0.15) is 0 Å². The van der Waals surface area contributed by atoms with E-state index in [2.05, 4.69) is 26.1 Å². The second-order valence-electron chi connectivity index (χ2n) is 5.83. The van der Waals surface area contributed by atoms with Gasteiger partial charge in [-0.2, -0.15) is 4.98 Å². The highest BCUT2D eigenvalue weighted by Gasteiger charge is 2.37. The zero-order valence-corrected chi connectivity index (χ0v) is 13.6. The molecule has 1 aromatic carbocycles. The first-order valence-corrected chi connectivity index (χ1v) is 8.33. The first-order chi connectivity index (χ1) is 10.2. The molecule has 1 aromatic heterocycles. The molecule has 1 heterocycles. The van der Waals surface area contributed by atoms with Crippen LogP contribution >= 0.6 is 15.9 Å². The number of hydrogen-bond acceptors (Lipinski definition) is 4. The number of halogens is 1. The Kier molecular flexibility index (Phi) is 4.40. The van der Waals surface area contributed by atoms with Crippen LogP contribution < -0.4 is 5.73 Å². The Balaban J connectivity index is 1.92. The fourth-order valence-corrected chi connectivity index (χ4v) is 3.49. The summed E-state index contributed by atoms with van der Waals surface area (Å²) in [6.07, 6.45) is 7.01. The minimum absolute atomic E-state index is 0.131. The molecule has 21 heavy (non-hydrogen) atoms. The standard InChI is InChI=1S/C16H20BrN3O/c17-13-7-5-6-12(10-13)14-19-15(21-20-14)16(11-18)8-3-1-2-4-9-16/h5-7,10H,1-4,8-9,11,18H2. The molecule has 0 spiro atoms. The van der Waals surface area contributed by atoms with Crippen molar-refractivity contribution in [3.05, 3.63) is 34.6 Å². The predicted octanol–water partition coefficient (Wildman–Crippen LogP) is 4.05. The van der Waals surface area contributed by atoms with Crippen molar-refractivity contribution in [2.24, 2.45) is 5.73 Å². The van der Waals surface area contributed by atoms with Crippen molar-refractivity contribution in [2.75, 3.05) is 6.54 Å². The minimum atomic E-state index is -0.131. The topological polar surface area (TPSA) is 64.9 Å². The molecule has 0 amide bonds. The van der Waals surface area contributed by atoms with Gasteiger partial charge in [0.15, 0.2) is 0 Å². The molecule has 3 rings (SSSR count). The first-order valence-electron chi connectivity index (χ1n) is 7.54. The molecule has 1 aliphatic carbocycles. The quantitative estimate of drug-likeness (QED) is 0.848. The van der Waals surface area contributed by atoms with Gasteiger partial charge in [0.05, 0.1) is 5.41 Å². The molecule has 5 heteroatoms. The van der Waals surface area contributed by atoms with E-state index in [4.69, 9.17) is 10.3 Å². The fraction of sp³-hybridized carbons (Fsp3) is 0.500. The summed E-state index contributed by atoms with van der Waals surface area (Å²) in [7, 11) is 0. The second-order valence-corrected chi connectivity index (χ2v) is 6.75. The Labute approximate surface area is 133 Å². The monoisotopic (exact) mass is 349 g/mol. The number of nitrogens with two attached hydrogens (primary N) is 1. The van der Waals surface area contributed by atoms with E-state index < -0.39 is 0 Å². The molecule has 1 saturated carbocycles. The molecule has 2 N–H and O–H groups in total. The number of benzene rings is 1. The van der Waals surface area contributed by atoms with Gasteiger partial charge in [-0.05, 0) is 25.0 Å². The molecule has 112 valence electrons. The first kappa shape index (κ1) is 14.7. The largest absolute Gasteiger partial charge is 0.338 e. The highest BCUT2D eigenvalue weighted by Crippen LogP contribution is 2.37. The van der Waals surface area contributed by atoms with E-state index >= 15 is 0 Å². The van der Waals surface area contributed by atoms with E-state index in [0.29, 0.717) is 18.3 Å². The van der Waals surface area contributed by atoms with Crippen molar-refractivity contribution < 1.29 is 4.52 Å². The predicted molar refractivity (Wildman–Crippen MR) is 85.9 cm³/mol. The summed E-state index contributed by atoms with van der Waals surface area (Å²) in [5.74, 6) is 1.35. The van der Waals surface area contributed by atoms with Gasteiger partial charge < -0.3 is 10.3 Å². The smallest absolute Gasteiger partial charge is 0.234 e. The van der Waals surface area contributed by atoms with Crippen LogP contribution in [0, 0.1) is 0 Å². The van der Waals surface area contributed by atoms with Crippen LogP contribution in [0.3, 0.4) is 0 Å². The number of hydrogen-bond donors (Lipinski definition) is 1. The highest BCUT2D eigenvalue weighted by molar-refractivity contribution is 9.10. The van der Waals surface area contributed by atoms with Crippen molar-refractivity contribution in [1.29, 1.82) is 0 Å². The number of aromatic nitrogens is 2. The van der Waals surface area contributed by atoms with Gasteiger partial charge in [-0.15, -0.1) is 0 Å². The third-order valence-corrected chi connectivity index (χ3v) is 4.91. The van der Waals surface area contributed by atoms with E-state index in [0.717, 1.165) is 22.9 Å². The molecule has 0 atom stereocenters. The molecule has 2 aromatic rings. The van der Waals surface area contributed by atoms with E-state index in [1.165, 1.54) is 25.7 Å². The van der Waals surface area contributed by atoms with Crippen LogP contribution in [0.1, 0.15) is 44.4 Å². The average Bonchev–Trinajstić information content (AvgIpc) is 2.87. The van der Waals surface area contributed by atoms with Crippen molar-refractivity contribution in [3.8, 4) is 11.4 Å². The summed E-state index contributed by atoms with van der Waals surface area (Å²) in [5, 5.41) is 4.16. The molecule has 0 bridgehead atoms. The van der Waals surface area contributed by atoms with E-state index in [1.54, 1.807) is 0 Å². The van der Waals surface area contributed by atoms with Crippen molar-refractivity contribution in [2.45, 2.75) is 43.9 Å². The molecule has 1 aliphatic rings. The van der Waals surface area contributed by atoms with E-state index in [9.17, 15) is 0 Å². The lowest BCUT2D eigenvalue weighted by Crippen LogP contribution is -2.35. The average molecular weight is 350 g/mol. The van der Waals surface area contributed by atoms with Gasteiger partial charge in [0, 0.05) is 16.6 Å². The van der Waals surface area contributed by atoms with E-state index in [1.807, 2.05) is 24.3 Å². The third-order valence-electron chi connectivity index (χ3n) is 4.41. The Morgan fingerprint density at radius 3 is 2.62 bits per heavy atom. The fourth-order valence-electron chi connectivity index (χ4n) is 3.09. The summed E-state index contributed by atoms with van der Waals surface area (Å²) in [4.78, 5) is 4.65. The van der Waals surface area contributed by atoms with Crippen LogP contribution in [-0.4, -0.2) is 16.7 Å². The van der Waals surface area contributed by atoms with Crippen molar-refractivity contribution in [1.82, 2.24) is 10.1 Å². The summed E-state index contributed by atoms with van der Waals surface area (Å²) in [6, 6.07) is 7.94. The van der Waals surface area contributed by atoms with Gasteiger partial charge in [-0.3, -0.25) is 0 Å². The molecule has 4 nitrogen and oxygen atoms in total. The van der Waals surface area contributed by atoms with Gasteiger partial charge >= 0.3 is 0 Å². The summed E-state index contributed by atoms with van der Waals surface area (Å²) in [5.41, 5.74) is 6.90. The Morgan fingerprint density at radius 1 is 1.19 bits per heavy atom. The van der Waals surface area contributed by atoms with Gasteiger partial charge in [0.25, 0.3) is 0 Å². The lowest BCUT2D eigenvalue weighted by atomic mass is 9.80. The normalized spacial score (nSPS) is 18.4. The molecular weight excluding hydrogens is 330 g/mol. The molecule has 0 aliphatic heterocycles. The van der Waals surface area contributed by atoms with Crippen molar-refractivity contribution >= 4 is 15.9 Å². The molecule has 0 unspecified atom stereocenters. The highest BCUT2D eigenvalue weighted by atomic mass is 79.9. The number of rotatable bonds is 3. The maximum absolute atomic E-state index is 6.08. The Hall–Kier alpha value is -1.20. The van der Waals surface area contributed by atoms with Crippen LogP contribution in [0.25, 0.3) is 11.4 Å². The number of nitrogens with zero attached hydrogens (tertiary/aromatic N) is 2.